The van der Waals surface area contributed by atoms with Crippen LogP contribution < -0.4 is 0 Å². The minimum absolute atomic E-state index is 0.283. The minimum atomic E-state index is -0.360. The van der Waals surface area contributed by atoms with E-state index in [-0.39, 0.29) is 12.3 Å². The molecule has 1 saturated heterocycles. The fourth-order valence-corrected chi connectivity index (χ4v) is 2.18. The molecule has 1 heterocycles. The van der Waals surface area contributed by atoms with Gasteiger partial charge in [0.1, 0.15) is 0 Å². The number of unbranched alkanes of at least 4 members (excludes halogenated alkanes) is 1. The lowest BCUT2D eigenvalue weighted by Crippen LogP contribution is -2.25. The molecule has 0 radical (unpaired) electrons. The molecule has 0 aromatic heterocycles. The Balaban J connectivity index is 1.87. The zero-order valence-electron chi connectivity index (χ0n) is 11.6. The standard InChI is InChI=1S/C16H22O3/c1-2-3-6-13-8-10-14(11-9-13)16(17)19-15-7-4-5-12-18-15/h8-11,15H,2-7,12H2,1H3. The number of hydrogen-bond donors (Lipinski definition) is 0. The number of aryl methyl sites for hydroxylation is 1. The highest BCUT2D eigenvalue weighted by Crippen LogP contribution is 2.16. The van der Waals surface area contributed by atoms with Crippen LogP contribution in [0.1, 0.15) is 54.9 Å². The van der Waals surface area contributed by atoms with E-state index in [1.165, 1.54) is 18.4 Å². The maximum absolute atomic E-state index is 11.9. The first kappa shape index (κ1) is 14.1. The predicted molar refractivity (Wildman–Crippen MR) is 74.1 cm³/mol. The van der Waals surface area contributed by atoms with Gasteiger partial charge in [0.2, 0.25) is 6.29 Å². The van der Waals surface area contributed by atoms with Crippen LogP contribution in [0.5, 0.6) is 0 Å². The summed E-state index contributed by atoms with van der Waals surface area (Å²) in [7, 11) is 0. The molecule has 1 aliphatic rings. The summed E-state index contributed by atoms with van der Waals surface area (Å²) in [5, 5.41) is 0. The normalized spacial score (nSPS) is 19.1. The molecule has 3 nitrogen and oxygen atoms in total. The van der Waals surface area contributed by atoms with Gasteiger partial charge in [0, 0.05) is 6.42 Å². The van der Waals surface area contributed by atoms with Crippen molar-refractivity contribution in [3.05, 3.63) is 35.4 Å². The molecule has 2 rings (SSSR count). The Kier molecular flexibility index (Phi) is 5.40. The molecule has 3 heteroatoms. The Morgan fingerprint density at radius 3 is 2.74 bits per heavy atom. The number of benzene rings is 1. The van der Waals surface area contributed by atoms with E-state index in [4.69, 9.17) is 9.47 Å². The highest BCUT2D eigenvalue weighted by molar-refractivity contribution is 5.89. The van der Waals surface area contributed by atoms with Crippen LogP contribution in [0.2, 0.25) is 0 Å². The molecule has 19 heavy (non-hydrogen) atoms. The van der Waals surface area contributed by atoms with E-state index in [0.717, 1.165) is 25.7 Å². The molecule has 1 fully saturated rings. The van der Waals surface area contributed by atoms with Crippen LogP contribution in [0.15, 0.2) is 24.3 Å². The Labute approximate surface area is 114 Å². The van der Waals surface area contributed by atoms with Gasteiger partial charge in [-0.1, -0.05) is 25.5 Å². The maximum atomic E-state index is 11.9. The van der Waals surface area contributed by atoms with Crippen LogP contribution in [0.25, 0.3) is 0 Å². The molecule has 0 aliphatic carbocycles. The third-order valence-electron chi connectivity index (χ3n) is 3.39. The van der Waals surface area contributed by atoms with Crippen LogP contribution >= 0.6 is 0 Å². The Morgan fingerprint density at radius 2 is 2.11 bits per heavy atom. The highest BCUT2D eigenvalue weighted by atomic mass is 16.7. The van der Waals surface area contributed by atoms with Crippen molar-refractivity contribution >= 4 is 5.97 Å². The van der Waals surface area contributed by atoms with Gasteiger partial charge in [-0.25, -0.2) is 4.79 Å². The summed E-state index contributed by atoms with van der Waals surface area (Å²) in [5.74, 6) is -0.283. The van der Waals surface area contributed by atoms with Gasteiger partial charge in [0.25, 0.3) is 0 Å². The topological polar surface area (TPSA) is 35.5 Å². The van der Waals surface area contributed by atoms with Crippen LogP contribution in [-0.4, -0.2) is 18.9 Å². The van der Waals surface area contributed by atoms with E-state index in [1.807, 2.05) is 24.3 Å². The molecule has 0 saturated carbocycles. The van der Waals surface area contributed by atoms with E-state index >= 15 is 0 Å². The monoisotopic (exact) mass is 262 g/mol. The lowest BCUT2D eigenvalue weighted by atomic mass is 10.1. The van der Waals surface area contributed by atoms with Crippen molar-refractivity contribution in [1.29, 1.82) is 0 Å². The van der Waals surface area contributed by atoms with Gasteiger partial charge >= 0.3 is 5.97 Å². The molecule has 1 aromatic rings. The van der Waals surface area contributed by atoms with Gasteiger partial charge in [-0.2, -0.15) is 0 Å². The average molecular weight is 262 g/mol. The molecule has 1 aliphatic heterocycles. The number of carbonyl (C=O) groups excluding carboxylic acids is 1. The van der Waals surface area contributed by atoms with Gasteiger partial charge in [-0.3, -0.25) is 0 Å². The number of ether oxygens (including phenoxy) is 2. The third-order valence-corrected chi connectivity index (χ3v) is 3.39. The minimum Gasteiger partial charge on any atom is -0.432 e. The lowest BCUT2D eigenvalue weighted by molar-refractivity contribution is -0.130. The Hall–Kier alpha value is -1.35. The summed E-state index contributed by atoms with van der Waals surface area (Å²) in [6.45, 7) is 2.86. The first-order chi connectivity index (χ1) is 9.29. The van der Waals surface area contributed by atoms with E-state index in [0.29, 0.717) is 12.2 Å². The van der Waals surface area contributed by atoms with Crippen LogP contribution in [-0.2, 0) is 15.9 Å². The quantitative estimate of drug-likeness (QED) is 0.759. The average Bonchev–Trinajstić information content (AvgIpc) is 2.46. The molecule has 0 spiro atoms. The van der Waals surface area contributed by atoms with E-state index in [9.17, 15) is 4.79 Å². The summed E-state index contributed by atoms with van der Waals surface area (Å²) >= 11 is 0. The molecule has 0 amide bonds. The second-order valence-electron chi connectivity index (χ2n) is 5.00. The largest absolute Gasteiger partial charge is 0.432 e. The Morgan fingerprint density at radius 1 is 1.32 bits per heavy atom. The van der Waals surface area contributed by atoms with Crippen molar-refractivity contribution in [2.75, 3.05) is 6.61 Å². The van der Waals surface area contributed by atoms with E-state index < -0.39 is 0 Å². The van der Waals surface area contributed by atoms with Crippen molar-refractivity contribution in [3.63, 3.8) is 0 Å². The van der Waals surface area contributed by atoms with Gasteiger partial charge < -0.3 is 9.47 Å². The zero-order valence-corrected chi connectivity index (χ0v) is 11.6. The second-order valence-corrected chi connectivity index (χ2v) is 5.00. The summed E-state index contributed by atoms with van der Waals surface area (Å²) in [6, 6.07) is 7.70. The van der Waals surface area contributed by atoms with Crippen molar-refractivity contribution < 1.29 is 14.3 Å². The fourth-order valence-electron chi connectivity index (χ4n) is 2.18. The van der Waals surface area contributed by atoms with Crippen molar-refractivity contribution in [3.8, 4) is 0 Å². The highest BCUT2D eigenvalue weighted by Gasteiger charge is 2.19. The number of esters is 1. The summed E-state index contributed by atoms with van der Waals surface area (Å²) < 4.78 is 10.7. The van der Waals surface area contributed by atoms with Crippen LogP contribution in [0.3, 0.4) is 0 Å². The van der Waals surface area contributed by atoms with Crippen molar-refractivity contribution in [2.24, 2.45) is 0 Å². The number of carbonyl (C=O) groups is 1. The summed E-state index contributed by atoms with van der Waals surface area (Å²) in [6.07, 6.45) is 6.00. The lowest BCUT2D eigenvalue weighted by Gasteiger charge is -2.22. The molecular weight excluding hydrogens is 240 g/mol. The van der Waals surface area contributed by atoms with Crippen molar-refractivity contribution in [2.45, 2.75) is 51.7 Å². The SMILES string of the molecule is CCCCc1ccc(C(=O)OC2CCCCO2)cc1. The molecule has 1 aromatic carbocycles. The number of hydrogen-bond acceptors (Lipinski definition) is 3. The van der Waals surface area contributed by atoms with Gasteiger partial charge in [0.05, 0.1) is 12.2 Å². The second kappa shape index (κ2) is 7.29. The van der Waals surface area contributed by atoms with E-state index in [2.05, 4.69) is 6.92 Å². The molecule has 0 N–H and O–H groups in total. The van der Waals surface area contributed by atoms with Crippen LogP contribution in [0, 0.1) is 0 Å². The molecule has 1 atom stereocenters. The first-order valence-electron chi connectivity index (χ1n) is 7.21. The maximum Gasteiger partial charge on any atom is 0.340 e. The molecule has 1 unspecified atom stereocenters. The number of rotatable bonds is 5. The molecular formula is C16H22O3. The zero-order chi connectivity index (χ0) is 13.5. The third kappa shape index (κ3) is 4.35. The predicted octanol–water partition coefficient (Wildman–Crippen LogP) is 3.71. The van der Waals surface area contributed by atoms with E-state index in [1.54, 1.807) is 0 Å². The summed E-state index contributed by atoms with van der Waals surface area (Å²) in [4.78, 5) is 11.9. The van der Waals surface area contributed by atoms with Crippen LogP contribution in [0.4, 0.5) is 0 Å². The van der Waals surface area contributed by atoms with Gasteiger partial charge in [-0.05, 0) is 43.4 Å². The smallest absolute Gasteiger partial charge is 0.340 e. The molecule has 104 valence electrons. The Bertz CT molecular complexity index is 391. The fraction of sp³-hybridized carbons (Fsp3) is 0.562. The summed E-state index contributed by atoms with van der Waals surface area (Å²) in [5.41, 5.74) is 1.88. The molecule has 0 bridgehead atoms. The van der Waals surface area contributed by atoms with Crippen molar-refractivity contribution in [1.82, 2.24) is 0 Å². The first-order valence-corrected chi connectivity index (χ1v) is 7.21. The van der Waals surface area contributed by atoms with Gasteiger partial charge in [0.15, 0.2) is 0 Å². The van der Waals surface area contributed by atoms with Gasteiger partial charge in [-0.15, -0.1) is 0 Å².